The molecule has 2 aliphatic heterocycles. The number of rotatable bonds is 13. The largest absolute Gasteiger partial charge is 0.417 e. The third-order valence-electron chi connectivity index (χ3n) is 12.4. The molecule has 5 aromatic rings. The van der Waals surface area contributed by atoms with Crippen LogP contribution in [0.15, 0.2) is 76.3 Å². The van der Waals surface area contributed by atoms with Gasteiger partial charge in [0.05, 0.1) is 28.2 Å². The predicted octanol–water partition coefficient (Wildman–Crippen LogP) is 7.04. The highest BCUT2D eigenvalue weighted by Gasteiger charge is 2.51. The summed E-state index contributed by atoms with van der Waals surface area (Å²) in [6, 6.07) is 12.9. The fourth-order valence-electron chi connectivity index (χ4n) is 9.02. The SMILES string of the molecule is C[C@H]1CCC(C(OCCCC(=O)Cn2nc(Cc3ccc(F)c(C(=O)N4CCN(C(=O)C5CC5)CC4)c3)c3ccccc3c2=O)C(F)(F)F)N1c1ccc2[nH]c(=O)cc(C(F)(F)F)c2c1. The number of Topliss-reactive ketones (excluding diaryl/α,β-unsaturated/α-hetero) is 1. The van der Waals surface area contributed by atoms with Crippen molar-refractivity contribution in [1.82, 2.24) is 24.6 Å². The van der Waals surface area contributed by atoms with Gasteiger partial charge in [-0.2, -0.15) is 31.4 Å². The minimum Gasteiger partial charge on any atom is -0.367 e. The Balaban J connectivity index is 0.933. The van der Waals surface area contributed by atoms with E-state index in [2.05, 4.69) is 10.1 Å². The lowest BCUT2D eigenvalue weighted by Crippen LogP contribution is -2.51. The summed E-state index contributed by atoms with van der Waals surface area (Å²) >= 11 is 0. The smallest absolute Gasteiger partial charge is 0.367 e. The van der Waals surface area contributed by atoms with E-state index in [9.17, 15) is 50.3 Å². The predicted molar refractivity (Wildman–Crippen MR) is 225 cm³/mol. The molecule has 1 aliphatic carbocycles. The number of alkyl halides is 6. The van der Waals surface area contributed by atoms with E-state index in [4.69, 9.17) is 4.74 Å². The normalized spacial score (nSPS) is 18.7. The summed E-state index contributed by atoms with van der Waals surface area (Å²) in [5, 5.41) is 4.82. The number of hydrogen-bond donors (Lipinski definition) is 1. The van der Waals surface area contributed by atoms with Crippen molar-refractivity contribution in [2.45, 2.75) is 89.0 Å². The molecule has 2 amide bonds. The van der Waals surface area contributed by atoms with E-state index in [-0.39, 0.29) is 84.6 Å². The van der Waals surface area contributed by atoms with Gasteiger partial charge < -0.3 is 24.4 Å². The highest BCUT2D eigenvalue weighted by molar-refractivity contribution is 5.95. The van der Waals surface area contributed by atoms with E-state index in [1.54, 1.807) is 36.1 Å². The maximum atomic E-state index is 15.1. The molecule has 65 heavy (non-hydrogen) atoms. The number of ketones is 1. The Hall–Kier alpha value is -6.11. The summed E-state index contributed by atoms with van der Waals surface area (Å²) in [5.41, 5.74) is -2.11. The number of pyridine rings is 1. The Morgan fingerprint density at radius 3 is 2.25 bits per heavy atom. The second-order valence-corrected chi connectivity index (χ2v) is 17.0. The van der Waals surface area contributed by atoms with E-state index in [0.717, 1.165) is 23.6 Å². The van der Waals surface area contributed by atoms with Crippen molar-refractivity contribution < 1.29 is 49.9 Å². The number of nitrogens with one attached hydrogen (secondary N) is 1. The summed E-state index contributed by atoms with van der Waals surface area (Å²) in [7, 11) is 0. The molecule has 0 spiro atoms. The van der Waals surface area contributed by atoms with Crippen LogP contribution in [0.2, 0.25) is 0 Å². The van der Waals surface area contributed by atoms with Crippen LogP contribution in [0.5, 0.6) is 0 Å². The molecule has 12 nitrogen and oxygen atoms in total. The van der Waals surface area contributed by atoms with Crippen molar-refractivity contribution >= 4 is 45.0 Å². The van der Waals surface area contributed by atoms with Crippen molar-refractivity contribution in [2.24, 2.45) is 5.92 Å². The molecule has 4 heterocycles. The average molecular weight is 911 g/mol. The summed E-state index contributed by atoms with van der Waals surface area (Å²) in [4.78, 5) is 71.7. The van der Waals surface area contributed by atoms with Crippen LogP contribution in [0.4, 0.5) is 36.4 Å². The molecule has 2 aromatic heterocycles. The lowest BCUT2D eigenvalue weighted by Gasteiger charge is -2.36. The number of H-pyrrole nitrogens is 1. The molecule has 3 fully saturated rings. The topological polar surface area (TPSA) is 138 Å². The van der Waals surface area contributed by atoms with Gasteiger partial charge >= 0.3 is 12.4 Å². The zero-order chi connectivity index (χ0) is 46.4. The summed E-state index contributed by atoms with van der Waals surface area (Å²) < 4.78 is 107. The van der Waals surface area contributed by atoms with Crippen LogP contribution in [0.1, 0.15) is 72.6 Å². The zero-order valence-corrected chi connectivity index (χ0v) is 35.2. The Kier molecular flexibility index (Phi) is 12.6. The van der Waals surface area contributed by atoms with Gasteiger partial charge in [-0.25, -0.2) is 9.07 Å². The van der Waals surface area contributed by atoms with Gasteiger partial charge in [-0.3, -0.25) is 24.0 Å². The molecule has 0 bridgehead atoms. The van der Waals surface area contributed by atoms with Gasteiger partial charge in [-0.1, -0.05) is 24.3 Å². The molecule has 8 rings (SSSR count). The van der Waals surface area contributed by atoms with Crippen LogP contribution in [-0.2, 0) is 33.5 Å². The minimum absolute atomic E-state index is 0.00921. The summed E-state index contributed by atoms with van der Waals surface area (Å²) in [5.74, 6) is -1.64. The maximum Gasteiger partial charge on any atom is 0.417 e. The van der Waals surface area contributed by atoms with Gasteiger partial charge in [-0.05, 0) is 81.0 Å². The van der Waals surface area contributed by atoms with Crippen molar-refractivity contribution in [1.29, 1.82) is 0 Å². The Morgan fingerprint density at radius 1 is 0.846 bits per heavy atom. The second kappa shape index (κ2) is 18.0. The quantitative estimate of drug-likeness (QED) is 0.0983. The highest BCUT2D eigenvalue weighted by atomic mass is 19.4. The van der Waals surface area contributed by atoms with Gasteiger partial charge in [0.2, 0.25) is 11.5 Å². The number of carbonyl (C=O) groups is 3. The van der Waals surface area contributed by atoms with E-state index < -0.39 is 77.9 Å². The van der Waals surface area contributed by atoms with Crippen molar-refractivity contribution in [2.75, 3.05) is 37.7 Å². The number of hydrogen-bond acceptors (Lipinski definition) is 8. The van der Waals surface area contributed by atoms with E-state index in [1.807, 2.05) is 0 Å². The van der Waals surface area contributed by atoms with E-state index in [0.29, 0.717) is 35.8 Å². The molecular formula is C46H45F7N6O6. The van der Waals surface area contributed by atoms with Crippen molar-refractivity contribution in [3.05, 3.63) is 116 Å². The molecule has 1 N–H and O–H groups in total. The molecule has 3 aliphatic rings. The average Bonchev–Trinajstić information content (AvgIpc) is 4.05. The number of carbonyl (C=O) groups excluding carboxylic acids is 3. The molecule has 1 saturated carbocycles. The monoisotopic (exact) mass is 910 g/mol. The number of aromatic amines is 1. The maximum absolute atomic E-state index is 15.1. The van der Waals surface area contributed by atoms with Gasteiger partial charge in [0, 0.05) is 85.6 Å². The molecule has 3 atom stereocenters. The molecule has 3 aromatic carbocycles. The molecule has 2 saturated heterocycles. The third kappa shape index (κ3) is 9.79. The first-order valence-corrected chi connectivity index (χ1v) is 21.4. The lowest BCUT2D eigenvalue weighted by molar-refractivity contribution is -0.226. The standard InChI is InChI=1S/C46H45F7N6O6/c1-26-8-15-39(59(26)29-12-14-37-33(23-29)35(45(48,49)50)24-40(61)54-37)41(46(51,52)53)65-20-4-5-30(60)25-58-44(64)32-7-3-2-6-31(32)38(55-58)22-27-9-13-36(47)34(21-27)43(63)57-18-16-56(17-19-57)42(62)28-10-11-28/h2-3,6-7,9,12-14,21,23-24,26,28,39,41H,4-5,8,10-11,15-20,22,25H2,1H3,(H,54,61)/t26-,39?,41?/m0/s1. The first kappa shape index (κ1) is 45.5. The van der Waals surface area contributed by atoms with Crippen LogP contribution in [0.25, 0.3) is 21.7 Å². The summed E-state index contributed by atoms with van der Waals surface area (Å²) in [6.45, 7) is 1.88. The first-order chi connectivity index (χ1) is 30.9. The van der Waals surface area contributed by atoms with Crippen LogP contribution < -0.4 is 16.0 Å². The number of ether oxygens (including phenoxy) is 1. The van der Waals surface area contributed by atoms with Crippen molar-refractivity contribution in [3.8, 4) is 0 Å². The lowest BCUT2D eigenvalue weighted by atomic mass is 10.0. The minimum atomic E-state index is -4.90. The number of piperazine rings is 1. The number of halogens is 7. The van der Waals surface area contributed by atoms with Gasteiger partial charge in [-0.15, -0.1) is 0 Å². The van der Waals surface area contributed by atoms with Gasteiger partial charge in [0.25, 0.3) is 11.5 Å². The number of amides is 2. The zero-order valence-electron chi connectivity index (χ0n) is 35.2. The second-order valence-electron chi connectivity index (χ2n) is 17.0. The fraction of sp³-hybridized carbons (Fsp3) is 0.435. The number of nitrogens with zero attached hydrogens (tertiary/aromatic N) is 5. The fourth-order valence-corrected chi connectivity index (χ4v) is 9.02. The Bertz CT molecular complexity index is 2760. The van der Waals surface area contributed by atoms with Crippen LogP contribution in [0.3, 0.4) is 0 Å². The van der Waals surface area contributed by atoms with Crippen LogP contribution in [0, 0.1) is 11.7 Å². The molecule has 0 radical (unpaired) electrons. The number of anilines is 1. The van der Waals surface area contributed by atoms with E-state index >= 15 is 4.39 Å². The molecular weight excluding hydrogens is 866 g/mol. The van der Waals surface area contributed by atoms with Crippen LogP contribution in [-0.4, -0.2) is 99.3 Å². The molecule has 19 heteroatoms. The number of fused-ring (bicyclic) bond motifs is 2. The molecule has 344 valence electrons. The number of aromatic nitrogens is 3. The van der Waals surface area contributed by atoms with Gasteiger partial charge in [0.15, 0.2) is 11.9 Å². The number of benzene rings is 3. The Morgan fingerprint density at radius 2 is 1.55 bits per heavy atom. The third-order valence-corrected chi connectivity index (χ3v) is 12.4. The Labute approximate surface area is 366 Å². The van der Waals surface area contributed by atoms with Crippen molar-refractivity contribution in [3.63, 3.8) is 0 Å². The molecule has 2 unspecified atom stereocenters. The first-order valence-electron chi connectivity index (χ1n) is 21.4. The van der Waals surface area contributed by atoms with Gasteiger partial charge in [0.1, 0.15) is 12.4 Å². The highest BCUT2D eigenvalue weighted by Crippen LogP contribution is 2.41. The van der Waals surface area contributed by atoms with Crippen LogP contribution >= 0.6 is 0 Å². The summed E-state index contributed by atoms with van der Waals surface area (Å²) in [6.07, 6.45) is -10.5. The van der Waals surface area contributed by atoms with E-state index in [1.165, 1.54) is 40.1 Å².